The zero-order chi connectivity index (χ0) is 20.5. The number of halogens is 1. The molecule has 1 aliphatic rings. The number of nitrogens with zero attached hydrogens (tertiary/aromatic N) is 1. The van der Waals surface area contributed by atoms with Crippen LogP contribution in [-0.2, 0) is 14.3 Å². The van der Waals surface area contributed by atoms with Gasteiger partial charge in [-0.05, 0) is 61.5 Å². The van der Waals surface area contributed by atoms with Crippen LogP contribution in [0, 0.1) is 5.92 Å². The van der Waals surface area contributed by atoms with Gasteiger partial charge in [0, 0.05) is 23.7 Å². The minimum Gasteiger partial charge on any atom is -0.454 e. The molecule has 2 rings (SSSR count). The molecule has 1 aliphatic heterocycles. The van der Waals surface area contributed by atoms with E-state index < -0.39 is 12.0 Å². The lowest BCUT2D eigenvalue weighted by Crippen LogP contribution is -2.44. The number of ether oxygens (including phenoxy) is 1. The Morgan fingerprint density at radius 3 is 2.50 bits per heavy atom. The fourth-order valence-corrected chi connectivity index (χ4v) is 3.51. The van der Waals surface area contributed by atoms with Crippen LogP contribution in [0.3, 0.4) is 0 Å². The number of hydrogen-bond donors (Lipinski definition) is 1. The zero-order valence-corrected chi connectivity index (χ0v) is 17.9. The summed E-state index contributed by atoms with van der Waals surface area (Å²) in [6.45, 7) is 3.27. The molecular weight excluding hydrogens is 400 g/mol. The molecule has 1 fully saturated rings. The third kappa shape index (κ3) is 7.02. The number of nitrogens with one attached hydrogen (secondary N) is 1. The summed E-state index contributed by atoms with van der Waals surface area (Å²) >= 11 is 7.41. The van der Waals surface area contributed by atoms with Crippen molar-refractivity contribution in [2.45, 2.75) is 32.2 Å². The minimum atomic E-state index is -0.801. The van der Waals surface area contributed by atoms with Crippen LogP contribution in [0.15, 0.2) is 24.3 Å². The topological polar surface area (TPSA) is 75.7 Å². The summed E-state index contributed by atoms with van der Waals surface area (Å²) in [4.78, 5) is 38.9. The average molecular weight is 427 g/mol. The maximum absolute atomic E-state index is 12.5. The molecule has 154 valence electrons. The van der Waals surface area contributed by atoms with Gasteiger partial charge < -0.3 is 15.0 Å². The molecule has 2 amide bonds. The Labute approximate surface area is 175 Å². The van der Waals surface area contributed by atoms with E-state index in [4.69, 9.17) is 16.3 Å². The highest BCUT2D eigenvalue weighted by molar-refractivity contribution is 7.98. The minimum absolute atomic E-state index is 0.187. The van der Waals surface area contributed by atoms with Crippen molar-refractivity contribution in [2.75, 3.05) is 31.7 Å². The van der Waals surface area contributed by atoms with Crippen molar-refractivity contribution in [1.29, 1.82) is 0 Å². The first kappa shape index (κ1) is 22.6. The lowest BCUT2D eigenvalue weighted by molar-refractivity contribution is -0.154. The molecule has 28 heavy (non-hydrogen) atoms. The summed E-state index contributed by atoms with van der Waals surface area (Å²) in [6, 6.07) is 5.61. The normalized spacial score (nSPS) is 15.8. The van der Waals surface area contributed by atoms with Crippen molar-refractivity contribution < 1.29 is 19.1 Å². The van der Waals surface area contributed by atoms with E-state index in [0.29, 0.717) is 41.8 Å². The second-order valence-corrected chi connectivity index (χ2v) is 8.41. The van der Waals surface area contributed by atoms with Crippen molar-refractivity contribution in [3.63, 3.8) is 0 Å². The van der Waals surface area contributed by atoms with Crippen molar-refractivity contribution >= 4 is 41.1 Å². The number of hydrogen-bond acceptors (Lipinski definition) is 5. The predicted molar refractivity (Wildman–Crippen MR) is 112 cm³/mol. The molecule has 0 radical (unpaired) electrons. The molecule has 6 nitrogen and oxygen atoms in total. The Morgan fingerprint density at radius 1 is 1.25 bits per heavy atom. The SMILES string of the molecule is CSCC[C@H](NC(=O)c1ccc(Cl)cc1)C(=O)OCC(=O)N1CCC(C)CC1. The molecule has 0 unspecified atom stereocenters. The molecule has 1 atom stereocenters. The molecule has 1 aromatic rings. The second-order valence-electron chi connectivity index (χ2n) is 6.99. The van der Waals surface area contributed by atoms with Crippen LogP contribution < -0.4 is 5.32 Å². The number of amides is 2. The van der Waals surface area contributed by atoms with Gasteiger partial charge in [-0.3, -0.25) is 9.59 Å². The van der Waals surface area contributed by atoms with Gasteiger partial charge in [0.1, 0.15) is 6.04 Å². The van der Waals surface area contributed by atoms with Crippen LogP contribution in [0.5, 0.6) is 0 Å². The Hall–Kier alpha value is -1.73. The molecule has 0 saturated carbocycles. The maximum atomic E-state index is 12.5. The number of thioether (sulfide) groups is 1. The highest BCUT2D eigenvalue weighted by Crippen LogP contribution is 2.16. The fourth-order valence-electron chi connectivity index (χ4n) is 2.91. The van der Waals surface area contributed by atoms with E-state index in [0.717, 1.165) is 12.8 Å². The largest absolute Gasteiger partial charge is 0.454 e. The standard InChI is InChI=1S/C20H27ClN2O4S/c1-14-7-10-23(11-8-14)18(24)13-27-20(26)17(9-12-28-2)22-19(25)15-3-5-16(21)6-4-15/h3-6,14,17H,7-13H2,1-2H3,(H,22,25)/t17-/m0/s1. The van der Waals surface area contributed by atoms with Gasteiger partial charge in [-0.2, -0.15) is 11.8 Å². The molecule has 1 aromatic carbocycles. The Kier molecular flexibility index (Phi) is 9.12. The summed E-state index contributed by atoms with van der Waals surface area (Å²) in [6.07, 6.45) is 4.28. The monoisotopic (exact) mass is 426 g/mol. The zero-order valence-electron chi connectivity index (χ0n) is 16.3. The quantitative estimate of drug-likeness (QED) is 0.647. The third-order valence-corrected chi connectivity index (χ3v) is 5.68. The highest BCUT2D eigenvalue weighted by atomic mass is 35.5. The van der Waals surface area contributed by atoms with E-state index >= 15 is 0 Å². The van der Waals surface area contributed by atoms with E-state index in [1.54, 1.807) is 40.9 Å². The Balaban J connectivity index is 1.89. The predicted octanol–water partition coefficient (Wildman–Crippen LogP) is 2.99. The first-order valence-electron chi connectivity index (χ1n) is 9.40. The van der Waals surface area contributed by atoms with E-state index in [1.165, 1.54) is 0 Å². The van der Waals surface area contributed by atoms with Crippen LogP contribution in [0.1, 0.15) is 36.5 Å². The Morgan fingerprint density at radius 2 is 1.89 bits per heavy atom. The van der Waals surface area contributed by atoms with E-state index in [1.807, 2.05) is 6.26 Å². The third-order valence-electron chi connectivity index (χ3n) is 4.78. The molecule has 1 saturated heterocycles. The van der Waals surface area contributed by atoms with Crippen molar-refractivity contribution in [1.82, 2.24) is 10.2 Å². The molecule has 0 aliphatic carbocycles. The van der Waals surface area contributed by atoms with E-state index in [2.05, 4.69) is 12.2 Å². The molecule has 1 N–H and O–H groups in total. The van der Waals surface area contributed by atoms with Crippen molar-refractivity contribution in [3.05, 3.63) is 34.9 Å². The van der Waals surface area contributed by atoms with Gasteiger partial charge in [-0.1, -0.05) is 18.5 Å². The molecular formula is C20H27ClN2O4S. The lowest BCUT2D eigenvalue weighted by Gasteiger charge is -2.30. The molecule has 0 bridgehead atoms. The van der Waals surface area contributed by atoms with Gasteiger partial charge in [-0.15, -0.1) is 0 Å². The van der Waals surface area contributed by atoms with Gasteiger partial charge in [0.05, 0.1) is 0 Å². The van der Waals surface area contributed by atoms with Crippen LogP contribution in [-0.4, -0.2) is 60.4 Å². The van der Waals surface area contributed by atoms with Gasteiger partial charge in [0.2, 0.25) is 0 Å². The summed E-state index contributed by atoms with van der Waals surface area (Å²) in [7, 11) is 0. The van der Waals surface area contributed by atoms with Gasteiger partial charge in [-0.25, -0.2) is 4.79 Å². The van der Waals surface area contributed by atoms with Gasteiger partial charge in [0.15, 0.2) is 6.61 Å². The summed E-state index contributed by atoms with van der Waals surface area (Å²) in [5, 5.41) is 3.23. The fraction of sp³-hybridized carbons (Fsp3) is 0.550. The number of benzene rings is 1. The summed E-state index contributed by atoms with van der Waals surface area (Å²) < 4.78 is 5.22. The number of carbonyl (C=O) groups is 3. The molecule has 8 heteroatoms. The van der Waals surface area contributed by atoms with Crippen molar-refractivity contribution in [3.8, 4) is 0 Å². The highest BCUT2D eigenvalue weighted by Gasteiger charge is 2.25. The second kappa shape index (κ2) is 11.3. The van der Waals surface area contributed by atoms with Crippen LogP contribution >= 0.6 is 23.4 Å². The first-order chi connectivity index (χ1) is 13.4. The number of esters is 1. The van der Waals surface area contributed by atoms with Crippen LogP contribution in [0.25, 0.3) is 0 Å². The lowest BCUT2D eigenvalue weighted by atomic mass is 9.99. The smallest absolute Gasteiger partial charge is 0.329 e. The molecule has 0 spiro atoms. The van der Waals surface area contributed by atoms with Crippen molar-refractivity contribution in [2.24, 2.45) is 5.92 Å². The number of likely N-dealkylation sites (tertiary alicyclic amines) is 1. The van der Waals surface area contributed by atoms with Crippen LogP contribution in [0.2, 0.25) is 5.02 Å². The molecule has 1 heterocycles. The number of rotatable bonds is 8. The van der Waals surface area contributed by atoms with Gasteiger partial charge >= 0.3 is 5.97 Å². The van der Waals surface area contributed by atoms with Gasteiger partial charge in [0.25, 0.3) is 11.8 Å². The molecule has 0 aromatic heterocycles. The number of piperidine rings is 1. The van der Waals surface area contributed by atoms with E-state index in [9.17, 15) is 14.4 Å². The van der Waals surface area contributed by atoms with E-state index in [-0.39, 0.29) is 18.4 Å². The van der Waals surface area contributed by atoms with Crippen LogP contribution in [0.4, 0.5) is 0 Å². The number of carbonyl (C=O) groups excluding carboxylic acids is 3. The average Bonchev–Trinajstić information content (AvgIpc) is 2.69. The summed E-state index contributed by atoms with van der Waals surface area (Å²) in [5.74, 6) is 0.142. The summed E-state index contributed by atoms with van der Waals surface area (Å²) in [5.41, 5.74) is 0.407. The first-order valence-corrected chi connectivity index (χ1v) is 11.2. The Bertz CT molecular complexity index is 675. The maximum Gasteiger partial charge on any atom is 0.329 e.